The summed E-state index contributed by atoms with van der Waals surface area (Å²) in [5.74, 6) is -0.159. The molecule has 4 heteroatoms. The van der Waals surface area contributed by atoms with Crippen molar-refractivity contribution >= 4 is 17.6 Å². The van der Waals surface area contributed by atoms with Crippen LogP contribution in [0.2, 0.25) is 0 Å². The predicted molar refractivity (Wildman–Crippen MR) is 87.4 cm³/mol. The molecule has 1 aliphatic rings. The van der Waals surface area contributed by atoms with Crippen LogP contribution >= 0.6 is 0 Å². The molecule has 1 aromatic rings. The van der Waals surface area contributed by atoms with E-state index in [4.69, 9.17) is 4.74 Å². The van der Waals surface area contributed by atoms with E-state index in [1.165, 1.54) is 38.9 Å². The van der Waals surface area contributed by atoms with Crippen LogP contribution in [0, 0.1) is 13.8 Å². The number of ether oxygens (including phenoxy) is 1. The molecule has 0 bridgehead atoms. The second-order valence-corrected chi connectivity index (χ2v) is 6.16. The highest BCUT2D eigenvalue weighted by molar-refractivity contribution is 6.02. The molecule has 2 rings (SSSR count). The molecule has 0 saturated heterocycles. The van der Waals surface area contributed by atoms with Gasteiger partial charge in [0.05, 0.1) is 18.4 Å². The fraction of sp³-hybridized carbons (Fsp3) is 0.556. The Morgan fingerprint density at radius 2 is 1.82 bits per heavy atom. The largest absolute Gasteiger partial charge is 0.465 e. The lowest BCUT2D eigenvalue weighted by Crippen LogP contribution is -2.18. The topological polar surface area (TPSA) is 55.4 Å². The molecule has 1 N–H and O–H groups in total. The molecule has 0 aromatic heterocycles. The third-order valence-electron chi connectivity index (χ3n) is 4.61. The van der Waals surface area contributed by atoms with E-state index in [0.29, 0.717) is 17.2 Å². The molecule has 0 aliphatic heterocycles. The van der Waals surface area contributed by atoms with Gasteiger partial charge in [-0.2, -0.15) is 0 Å². The van der Waals surface area contributed by atoms with Gasteiger partial charge in [0.25, 0.3) is 0 Å². The first-order valence-electron chi connectivity index (χ1n) is 7.95. The van der Waals surface area contributed by atoms with E-state index in [2.05, 4.69) is 12.2 Å². The SMILES string of the molecule is COC(=O)c1cc(C)c(C)c(C2CCCCC2)c1NC(C)=O. The molecule has 0 atom stereocenters. The molecule has 1 fully saturated rings. The van der Waals surface area contributed by atoms with Gasteiger partial charge in [-0.05, 0) is 55.4 Å². The number of carbonyl (C=O) groups excluding carboxylic acids is 2. The summed E-state index contributed by atoms with van der Waals surface area (Å²) < 4.78 is 4.91. The second kappa shape index (κ2) is 6.95. The summed E-state index contributed by atoms with van der Waals surface area (Å²) in [4.78, 5) is 23.8. The normalized spacial score (nSPS) is 15.5. The standard InChI is InChI=1S/C18H25NO3/c1-11-10-15(18(21)22-4)17(19-13(3)20)16(12(11)2)14-8-6-5-7-9-14/h10,14H,5-9H2,1-4H3,(H,19,20). The van der Waals surface area contributed by atoms with E-state index in [-0.39, 0.29) is 5.91 Å². The lowest BCUT2D eigenvalue weighted by Gasteiger charge is -2.28. The lowest BCUT2D eigenvalue weighted by atomic mass is 9.79. The van der Waals surface area contributed by atoms with Crippen molar-refractivity contribution in [2.24, 2.45) is 0 Å². The molecule has 1 aromatic carbocycles. The monoisotopic (exact) mass is 303 g/mol. The van der Waals surface area contributed by atoms with Crippen LogP contribution in [0.5, 0.6) is 0 Å². The maximum absolute atomic E-state index is 12.1. The van der Waals surface area contributed by atoms with Crippen molar-refractivity contribution < 1.29 is 14.3 Å². The van der Waals surface area contributed by atoms with Crippen molar-refractivity contribution in [2.45, 2.75) is 58.8 Å². The second-order valence-electron chi connectivity index (χ2n) is 6.16. The van der Waals surface area contributed by atoms with Gasteiger partial charge in [-0.15, -0.1) is 0 Å². The van der Waals surface area contributed by atoms with Crippen molar-refractivity contribution in [1.82, 2.24) is 0 Å². The summed E-state index contributed by atoms with van der Waals surface area (Å²) in [7, 11) is 1.37. The minimum Gasteiger partial charge on any atom is -0.465 e. The van der Waals surface area contributed by atoms with E-state index in [1.807, 2.05) is 13.0 Å². The molecule has 4 nitrogen and oxygen atoms in total. The van der Waals surface area contributed by atoms with Crippen LogP contribution in [0.3, 0.4) is 0 Å². The predicted octanol–water partition coefficient (Wildman–Crippen LogP) is 4.10. The Bertz CT molecular complexity index is 586. The van der Waals surface area contributed by atoms with Crippen LogP contribution in [-0.4, -0.2) is 19.0 Å². The summed E-state index contributed by atoms with van der Waals surface area (Å²) >= 11 is 0. The number of aryl methyl sites for hydroxylation is 1. The maximum Gasteiger partial charge on any atom is 0.339 e. The molecule has 22 heavy (non-hydrogen) atoms. The summed E-state index contributed by atoms with van der Waals surface area (Å²) in [6, 6.07) is 1.82. The first-order chi connectivity index (χ1) is 10.5. The lowest BCUT2D eigenvalue weighted by molar-refractivity contribution is -0.114. The highest BCUT2D eigenvalue weighted by Gasteiger charge is 2.26. The van der Waals surface area contributed by atoms with Gasteiger partial charge >= 0.3 is 5.97 Å². The minimum atomic E-state index is -0.399. The molecule has 1 saturated carbocycles. The average Bonchev–Trinajstić information content (AvgIpc) is 2.50. The fourth-order valence-electron chi connectivity index (χ4n) is 3.43. The van der Waals surface area contributed by atoms with Crippen molar-refractivity contribution in [3.63, 3.8) is 0 Å². The number of anilines is 1. The number of amides is 1. The summed E-state index contributed by atoms with van der Waals surface area (Å²) in [5, 5.41) is 2.88. The third-order valence-corrected chi connectivity index (χ3v) is 4.61. The number of esters is 1. The number of nitrogens with one attached hydrogen (secondary N) is 1. The third kappa shape index (κ3) is 3.32. The number of carbonyl (C=O) groups is 2. The Balaban J connectivity index is 2.62. The van der Waals surface area contributed by atoms with Crippen LogP contribution in [0.25, 0.3) is 0 Å². The maximum atomic E-state index is 12.1. The van der Waals surface area contributed by atoms with Crippen molar-refractivity contribution in [1.29, 1.82) is 0 Å². The average molecular weight is 303 g/mol. The van der Waals surface area contributed by atoms with Gasteiger partial charge < -0.3 is 10.1 Å². The Morgan fingerprint density at radius 3 is 2.36 bits per heavy atom. The smallest absolute Gasteiger partial charge is 0.339 e. The quantitative estimate of drug-likeness (QED) is 0.855. The van der Waals surface area contributed by atoms with Gasteiger partial charge in [0.15, 0.2) is 0 Å². The van der Waals surface area contributed by atoms with E-state index >= 15 is 0 Å². The molecular formula is C18H25NO3. The van der Waals surface area contributed by atoms with Crippen LogP contribution in [0.15, 0.2) is 6.07 Å². The summed E-state index contributed by atoms with van der Waals surface area (Å²) in [6.07, 6.45) is 5.88. The van der Waals surface area contributed by atoms with E-state index in [0.717, 1.165) is 24.0 Å². The zero-order valence-corrected chi connectivity index (χ0v) is 13.9. The van der Waals surface area contributed by atoms with Crippen molar-refractivity contribution in [3.8, 4) is 0 Å². The van der Waals surface area contributed by atoms with Gasteiger partial charge in [0, 0.05) is 6.92 Å². The van der Waals surface area contributed by atoms with E-state index in [1.54, 1.807) is 0 Å². The number of rotatable bonds is 3. The van der Waals surface area contributed by atoms with Gasteiger partial charge in [-0.25, -0.2) is 4.79 Å². The van der Waals surface area contributed by atoms with Crippen LogP contribution in [0.1, 0.15) is 72.0 Å². The highest BCUT2D eigenvalue weighted by Crippen LogP contribution is 2.41. The Morgan fingerprint density at radius 1 is 1.18 bits per heavy atom. The fourth-order valence-corrected chi connectivity index (χ4v) is 3.43. The molecule has 120 valence electrons. The molecule has 0 radical (unpaired) electrons. The Kier molecular flexibility index (Phi) is 5.22. The van der Waals surface area contributed by atoms with Crippen LogP contribution in [0.4, 0.5) is 5.69 Å². The zero-order valence-electron chi connectivity index (χ0n) is 13.9. The molecule has 1 aliphatic carbocycles. The van der Waals surface area contributed by atoms with E-state index < -0.39 is 5.97 Å². The minimum absolute atomic E-state index is 0.162. The van der Waals surface area contributed by atoms with Crippen LogP contribution in [-0.2, 0) is 9.53 Å². The Hall–Kier alpha value is -1.84. The molecule has 0 unspecified atom stereocenters. The summed E-state index contributed by atoms with van der Waals surface area (Å²) in [5.41, 5.74) is 4.46. The van der Waals surface area contributed by atoms with Gasteiger partial charge in [0.1, 0.15) is 0 Å². The Labute approximate surface area is 132 Å². The van der Waals surface area contributed by atoms with Gasteiger partial charge in [0.2, 0.25) is 5.91 Å². The number of hydrogen-bond donors (Lipinski definition) is 1. The zero-order chi connectivity index (χ0) is 16.3. The number of methoxy groups -OCH3 is 1. The van der Waals surface area contributed by atoms with Crippen molar-refractivity contribution in [2.75, 3.05) is 12.4 Å². The number of benzene rings is 1. The first kappa shape index (κ1) is 16.5. The van der Waals surface area contributed by atoms with E-state index in [9.17, 15) is 9.59 Å². The molecule has 1 amide bonds. The van der Waals surface area contributed by atoms with Gasteiger partial charge in [-0.3, -0.25) is 4.79 Å². The first-order valence-corrected chi connectivity index (χ1v) is 7.95. The molecule has 0 spiro atoms. The van der Waals surface area contributed by atoms with Crippen LogP contribution < -0.4 is 5.32 Å². The van der Waals surface area contributed by atoms with Gasteiger partial charge in [-0.1, -0.05) is 19.3 Å². The highest BCUT2D eigenvalue weighted by atomic mass is 16.5. The number of hydrogen-bond acceptors (Lipinski definition) is 3. The summed E-state index contributed by atoms with van der Waals surface area (Å²) in [6.45, 7) is 5.55. The molecule has 0 heterocycles. The molecular weight excluding hydrogens is 278 g/mol. The van der Waals surface area contributed by atoms with Crippen molar-refractivity contribution in [3.05, 3.63) is 28.3 Å².